The van der Waals surface area contributed by atoms with E-state index in [9.17, 15) is 5.11 Å². The van der Waals surface area contributed by atoms with Crippen molar-refractivity contribution in [3.8, 4) is 5.75 Å². The number of ether oxygens (including phenoxy) is 1. The van der Waals surface area contributed by atoms with E-state index in [1.54, 1.807) is 29.5 Å². The first-order valence-electron chi connectivity index (χ1n) is 4.94. The maximum atomic E-state index is 9.23. The molecule has 0 spiro atoms. The van der Waals surface area contributed by atoms with Crippen molar-refractivity contribution >= 4 is 38.9 Å². The highest BCUT2D eigenvalue weighted by atomic mass is 79.9. The van der Waals surface area contributed by atoms with Crippen LogP contribution >= 0.6 is 38.9 Å². The summed E-state index contributed by atoms with van der Waals surface area (Å²) in [6.07, 6.45) is 0. The molecule has 2 aromatic rings. The predicted octanol–water partition coefficient (Wildman–Crippen LogP) is 4.24. The lowest BCUT2D eigenvalue weighted by Gasteiger charge is -2.10. The number of benzene rings is 1. The van der Waals surface area contributed by atoms with Crippen molar-refractivity contribution in [2.45, 2.75) is 13.2 Å². The van der Waals surface area contributed by atoms with Gasteiger partial charge in [0.25, 0.3) is 0 Å². The molecule has 1 N–H and O–H groups in total. The Morgan fingerprint density at radius 1 is 1.41 bits per heavy atom. The molecule has 0 aliphatic heterocycles. The SMILES string of the molecule is OCc1c(Cl)cccc1OCc1cc(Br)cs1. The zero-order valence-corrected chi connectivity index (χ0v) is 12.0. The molecule has 0 amide bonds. The third kappa shape index (κ3) is 3.22. The highest BCUT2D eigenvalue weighted by Gasteiger charge is 2.07. The minimum Gasteiger partial charge on any atom is -0.488 e. The van der Waals surface area contributed by atoms with Gasteiger partial charge in [0.15, 0.2) is 0 Å². The summed E-state index contributed by atoms with van der Waals surface area (Å²) >= 11 is 11.0. The van der Waals surface area contributed by atoms with Gasteiger partial charge < -0.3 is 9.84 Å². The van der Waals surface area contributed by atoms with Crippen LogP contribution in [-0.2, 0) is 13.2 Å². The first-order valence-corrected chi connectivity index (χ1v) is 6.99. The number of aliphatic hydroxyl groups is 1. The third-order valence-electron chi connectivity index (χ3n) is 2.23. The molecule has 1 heterocycles. The molecular formula is C12H10BrClO2S. The van der Waals surface area contributed by atoms with Crippen LogP contribution in [0.5, 0.6) is 5.75 Å². The van der Waals surface area contributed by atoms with E-state index in [-0.39, 0.29) is 6.61 Å². The monoisotopic (exact) mass is 332 g/mol. The van der Waals surface area contributed by atoms with Crippen LogP contribution in [0.15, 0.2) is 34.1 Å². The molecule has 5 heteroatoms. The topological polar surface area (TPSA) is 29.5 Å². The molecule has 1 aromatic carbocycles. The highest BCUT2D eigenvalue weighted by molar-refractivity contribution is 9.10. The average molecular weight is 334 g/mol. The average Bonchev–Trinajstić information content (AvgIpc) is 2.72. The number of aliphatic hydroxyl groups excluding tert-OH is 1. The Kier molecular flexibility index (Phi) is 4.45. The number of hydrogen-bond acceptors (Lipinski definition) is 3. The smallest absolute Gasteiger partial charge is 0.126 e. The minimum atomic E-state index is -0.122. The molecule has 17 heavy (non-hydrogen) atoms. The fourth-order valence-electron chi connectivity index (χ4n) is 1.41. The van der Waals surface area contributed by atoms with Gasteiger partial charge in [-0.1, -0.05) is 17.7 Å². The maximum Gasteiger partial charge on any atom is 0.126 e. The van der Waals surface area contributed by atoms with Gasteiger partial charge in [0, 0.05) is 25.3 Å². The van der Waals surface area contributed by atoms with Crippen molar-refractivity contribution in [1.82, 2.24) is 0 Å². The first-order chi connectivity index (χ1) is 8.20. The molecule has 0 aliphatic carbocycles. The van der Waals surface area contributed by atoms with Gasteiger partial charge in [-0.05, 0) is 34.1 Å². The number of rotatable bonds is 4. The molecule has 0 radical (unpaired) electrons. The van der Waals surface area contributed by atoms with Gasteiger partial charge in [-0.25, -0.2) is 0 Å². The van der Waals surface area contributed by atoms with Crippen molar-refractivity contribution in [2.75, 3.05) is 0 Å². The summed E-state index contributed by atoms with van der Waals surface area (Å²) in [7, 11) is 0. The molecule has 2 rings (SSSR count). The summed E-state index contributed by atoms with van der Waals surface area (Å²) in [6.45, 7) is 0.354. The van der Waals surface area contributed by atoms with Gasteiger partial charge in [-0.15, -0.1) is 11.3 Å². The Bertz CT molecular complexity index is 513. The quantitative estimate of drug-likeness (QED) is 0.907. The summed E-state index contributed by atoms with van der Waals surface area (Å²) in [6, 6.07) is 7.36. The van der Waals surface area contributed by atoms with Gasteiger partial charge in [0.05, 0.1) is 6.61 Å². The highest BCUT2D eigenvalue weighted by Crippen LogP contribution is 2.28. The third-order valence-corrected chi connectivity index (χ3v) is 4.25. The minimum absolute atomic E-state index is 0.122. The predicted molar refractivity (Wildman–Crippen MR) is 73.7 cm³/mol. The van der Waals surface area contributed by atoms with Crippen LogP contribution in [0.4, 0.5) is 0 Å². The second kappa shape index (κ2) is 5.87. The lowest BCUT2D eigenvalue weighted by atomic mass is 10.2. The molecule has 0 aliphatic rings. The van der Waals surface area contributed by atoms with E-state index >= 15 is 0 Å². The standard InChI is InChI=1S/C12H10BrClO2S/c13-8-4-9(17-7-8)6-16-12-3-1-2-11(14)10(12)5-15/h1-4,7,15H,5-6H2. The fraction of sp³-hybridized carbons (Fsp3) is 0.167. The Balaban J connectivity index is 2.11. The van der Waals surface area contributed by atoms with Gasteiger partial charge >= 0.3 is 0 Å². The van der Waals surface area contributed by atoms with Gasteiger partial charge in [0.2, 0.25) is 0 Å². The number of thiophene rings is 1. The van der Waals surface area contributed by atoms with Crippen LogP contribution in [0.3, 0.4) is 0 Å². The van der Waals surface area contributed by atoms with E-state index in [2.05, 4.69) is 15.9 Å². The fourth-order valence-corrected chi connectivity index (χ4v) is 2.99. The van der Waals surface area contributed by atoms with Crippen molar-refractivity contribution in [3.05, 3.63) is 49.6 Å². The molecule has 0 bridgehead atoms. The van der Waals surface area contributed by atoms with E-state index in [1.165, 1.54) is 0 Å². The molecule has 0 saturated carbocycles. The Morgan fingerprint density at radius 3 is 2.88 bits per heavy atom. The van der Waals surface area contributed by atoms with Crippen molar-refractivity contribution < 1.29 is 9.84 Å². The van der Waals surface area contributed by atoms with Crippen LogP contribution in [0.2, 0.25) is 5.02 Å². The van der Waals surface area contributed by atoms with E-state index < -0.39 is 0 Å². The van der Waals surface area contributed by atoms with E-state index in [4.69, 9.17) is 16.3 Å². The van der Waals surface area contributed by atoms with Crippen molar-refractivity contribution in [1.29, 1.82) is 0 Å². The second-order valence-electron chi connectivity index (χ2n) is 3.39. The van der Waals surface area contributed by atoms with Crippen molar-refractivity contribution in [2.24, 2.45) is 0 Å². The first kappa shape index (κ1) is 12.9. The molecule has 0 atom stereocenters. The van der Waals surface area contributed by atoms with Crippen molar-refractivity contribution in [3.63, 3.8) is 0 Å². The van der Waals surface area contributed by atoms with Crippen LogP contribution in [0.1, 0.15) is 10.4 Å². The lowest BCUT2D eigenvalue weighted by molar-refractivity contribution is 0.260. The molecule has 0 fully saturated rings. The van der Waals surface area contributed by atoms with Crippen LogP contribution in [0.25, 0.3) is 0 Å². The zero-order valence-electron chi connectivity index (χ0n) is 8.82. The molecule has 0 saturated heterocycles. The summed E-state index contributed by atoms with van der Waals surface area (Å²) in [5.41, 5.74) is 0.629. The number of hydrogen-bond donors (Lipinski definition) is 1. The normalized spacial score (nSPS) is 10.5. The van der Waals surface area contributed by atoms with Gasteiger partial charge in [-0.2, -0.15) is 0 Å². The van der Waals surface area contributed by atoms with E-state index in [0.717, 1.165) is 9.35 Å². The summed E-state index contributed by atoms with van der Waals surface area (Å²) in [4.78, 5) is 1.11. The van der Waals surface area contributed by atoms with Gasteiger partial charge in [-0.3, -0.25) is 0 Å². The van der Waals surface area contributed by atoms with Crippen LogP contribution < -0.4 is 4.74 Å². The molecule has 0 unspecified atom stereocenters. The summed E-state index contributed by atoms with van der Waals surface area (Å²) in [5.74, 6) is 0.629. The lowest BCUT2D eigenvalue weighted by Crippen LogP contribution is -1.97. The number of halogens is 2. The molecule has 2 nitrogen and oxygen atoms in total. The largest absolute Gasteiger partial charge is 0.488 e. The van der Waals surface area contributed by atoms with E-state index in [0.29, 0.717) is 22.9 Å². The summed E-state index contributed by atoms with van der Waals surface area (Å²) < 4.78 is 6.70. The molecular weight excluding hydrogens is 324 g/mol. The Morgan fingerprint density at radius 2 is 2.24 bits per heavy atom. The second-order valence-corrected chi connectivity index (χ2v) is 5.71. The van der Waals surface area contributed by atoms with Crippen LogP contribution in [-0.4, -0.2) is 5.11 Å². The Labute approximate surface area is 117 Å². The zero-order chi connectivity index (χ0) is 12.3. The summed E-state index contributed by atoms with van der Waals surface area (Å²) in [5, 5.41) is 11.8. The molecule has 90 valence electrons. The molecule has 1 aromatic heterocycles. The van der Waals surface area contributed by atoms with Crippen LogP contribution in [0, 0.1) is 0 Å². The maximum absolute atomic E-state index is 9.23. The van der Waals surface area contributed by atoms with Gasteiger partial charge in [0.1, 0.15) is 12.4 Å². The Hall–Kier alpha value is -0.550. The van der Waals surface area contributed by atoms with E-state index in [1.807, 2.05) is 11.4 Å².